The first kappa shape index (κ1) is 14.8. The number of rotatable bonds is 4. The zero-order valence-corrected chi connectivity index (χ0v) is 11.1. The second-order valence-electron chi connectivity index (χ2n) is 4.57. The Bertz CT molecular complexity index is 447. The van der Waals surface area contributed by atoms with Gasteiger partial charge in [-0.1, -0.05) is 0 Å². The first-order valence-electron chi connectivity index (χ1n) is 6.12. The van der Waals surface area contributed by atoms with E-state index in [0.29, 0.717) is 5.90 Å². The first-order valence-corrected chi connectivity index (χ1v) is 6.12. The summed E-state index contributed by atoms with van der Waals surface area (Å²) in [5.41, 5.74) is 0. The lowest BCUT2D eigenvalue weighted by Crippen LogP contribution is -2.51. The van der Waals surface area contributed by atoms with E-state index in [1.165, 1.54) is 13.2 Å². The fourth-order valence-corrected chi connectivity index (χ4v) is 2.19. The van der Waals surface area contributed by atoms with Gasteiger partial charge in [0.05, 0.1) is 13.7 Å². The average molecular weight is 287 g/mol. The van der Waals surface area contributed by atoms with E-state index < -0.39 is 43.0 Å². The van der Waals surface area contributed by atoms with Gasteiger partial charge in [0.25, 0.3) is 0 Å². The molecule has 2 aliphatic rings. The number of ether oxygens (including phenoxy) is 3. The van der Waals surface area contributed by atoms with Gasteiger partial charge in [0.1, 0.15) is 24.4 Å². The molecule has 0 saturated carbocycles. The van der Waals surface area contributed by atoms with Crippen molar-refractivity contribution in [1.29, 1.82) is 0 Å². The topological polar surface area (TPSA) is 118 Å². The molecular weight excluding hydrogens is 270 g/mol. The van der Waals surface area contributed by atoms with Crippen LogP contribution in [-0.2, 0) is 19.0 Å². The van der Waals surface area contributed by atoms with E-state index in [1.807, 2.05) is 0 Å². The Balaban J connectivity index is 2.26. The van der Waals surface area contributed by atoms with Gasteiger partial charge >= 0.3 is 5.97 Å². The summed E-state index contributed by atoms with van der Waals surface area (Å²) in [6.45, 7) is 0.995. The van der Waals surface area contributed by atoms with E-state index in [9.17, 15) is 15.0 Å². The zero-order chi connectivity index (χ0) is 14.9. The SMILES string of the molecule is COC(=O)C1=C[C@H]2OC(C)=N[C@@H]2[C@H]([C@H](O)[C@H](O)CO)O1. The molecular formula is C12H17NO7. The summed E-state index contributed by atoms with van der Waals surface area (Å²) in [6, 6.07) is -0.598. The van der Waals surface area contributed by atoms with Crippen molar-refractivity contribution in [1.82, 2.24) is 0 Å². The Labute approximate surface area is 115 Å². The van der Waals surface area contributed by atoms with E-state index in [1.54, 1.807) is 6.92 Å². The molecule has 112 valence electrons. The molecule has 0 aliphatic carbocycles. The fraction of sp³-hybridized carbons (Fsp3) is 0.667. The van der Waals surface area contributed by atoms with Gasteiger partial charge in [0.2, 0.25) is 5.76 Å². The van der Waals surface area contributed by atoms with Gasteiger partial charge < -0.3 is 29.5 Å². The summed E-state index contributed by atoms with van der Waals surface area (Å²) in [5, 5.41) is 28.5. The lowest BCUT2D eigenvalue weighted by atomic mass is 9.95. The molecule has 2 aliphatic heterocycles. The highest BCUT2D eigenvalue weighted by Crippen LogP contribution is 2.30. The number of carbonyl (C=O) groups is 1. The largest absolute Gasteiger partial charge is 0.478 e. The van der Waals surface area contributed by atoms with Crippen LogP contribution in [0.1, 0.15) is 6.92 Å². The third-order valence-corrected chi connectivity index (χ3v) is 3.19. The number of hydrogen-bond acceptors (Lipinski definition) is 8. The average Bonchev–Trinajstić information content (AvgIpc) is 2.83. The number of aliphatic hydroxyl groups is 3. The summed E-state index contributed by atoms with van der Waals surface area (Å²) >= 11 is 0. The van der Waals surface area contributed by atoms with E-state index in [4.69, 9.17) is 14.6 Å². The molecule has 5 atom stereocenters. The summed E-state index contributed by atoms with van der Waals surface area (Å²) < 4.78 is 15.3. The van der Waals surface area contributed by atoms with Crippen LogP contribution in [0.3, 0.4) is 0 Å². The molecule has 0 radical (unpaired) electrons. The number of nitrogens with zero attached hydrogens (tertiary/aromatic N) is 1. The van der Waals surface area contributed by atoms with Gasteiger partial charge in [-0.15, -0.1) is 0 Å². The normalized spacial score (nSPS) is 31.1. The molecule has 0 spiro atoms. The molecule has 0 unspecified atom stereocenters. The van der Waals surface area contributed by atoms with Crippen LogP contribution in [0.25, 0.3) is 0 Å². The monoisotopic (exact) mass is 287 g/mol. The Morgan fingerprint density at radius 2 is 2.20 bits per heavy atom. The predicted molar refractivity (Wildman–Crippen MR) is 65.8 cm³/mol. The zero-order valence-electron chi connectivity index (χ0n) is 11.1. The fourth-order valence-electron chi connectivity index (χ4n) is 2.19. The minimum atomic E-state index is -1.42. The van der Waals surface area contributed by atoms with Crippen molar-refractivity contribution in [2.45, 2.75) is 37.4 Å². The maximum atomic E-state index is 11.5. The Hall–Kier alpha value is -1.64. The second-order valence-corrected chi connectivity index (χ2v) is 4.57. The van der Waals surface area contributed by atoms with Gasteiger partial charge in [-0.25, -0.2) is 9.79 Å². The van der Waals surface area contributed by atoms with Crippen molar-refractivity contribution in [3.63, 3.8) is 0 Å². The highest BCUT2D eigenvalue weighted by Gasteiger charge is 2.46. The molecule has 3 N–H and O–H groups in total. The Kier molecular flexibility index (Phi) is 4.26. The number of hydrogen-bond donors (Lipinski definition) is 3. The minimum absolute atomic E-state index is 0.118. The van der Waals surface area contributed by atoms with Gasteiger partial charge in [0.15, 0.2) is 12.0 Å². The number of carbonyl (C=O) groups excluding carboxylic acids is 1. The number of aliphatic imine (C=N–C) groups is 1. The van der Waals surface area contributed by atoms with Crippen LogP contribution >= 0.6 is 0 Å². The Morgan fingerprint density at radius 3 is 2.80 bits per heavy atom. The lowest BCUT2D eigenvalue weighted by Gasteiger charge is -2.34. The van der Waals surface area contributed by atoms with E-state index in [-0.39, 0.29) is 5.76 Å². The van der Waals surface area contributed by atoms with Crippen molar-refractivity contribution in [3.05, 3.63) is 11.8 Å². The maximum absolute atomic E-state index is 11.5. The van der Waals surface area contributed by atoms with Crippen molar-refractivity contribution in [3.8, 4) is 0 Å². The summed E-state index contributed by atoms with van der Waals surface area (Å²) in [4.78, 5) is 15.7. The van der Waals surface area contributed by atoms with Crippen LogP contribution in [0.5, 0.6) is 0 Å². The van der Waals surface area contributed by atoms with Crippen molar-refractivity contribution < 1.29 is 34.3 Å². The molecule has 8 nitrogen and oxygen atoms in total. The van der Waals surface area contributed by atoms with E-state index >= 15 is 0 Å². The molecule has 2 rings (SSSR count). The van der Waals surface area contributed by atoms with Gasteiger partial charge in [-0.05, 0) is 0 Å². The van der Waals surface area contributed by atoms with Gasteiger partial charge in [0, 0.05) is 13.0 Å². The summed E-state index contributed by atoms with van der Waals surface area (Å²) in [6.07, 6.45) is -3.00. The van der Waals surface area contributed by atoms with Crippen molar-refractivity contribution in [2.75, 3.05) is 13.7 Å². The summed E-state index contributed by atoms with van der Waals surface area (Å²) in [7, 11) is 1.20. The molecule has 0 bridgehead atoms. The Morgan fingerprint density at radius 1 is 1.50 bits per heavy atom. The van der Waals surface area contributed by atoms with Gasteiger partial charge in [-0.3, -0.25) is 0 Å². The molecule has 0 aromatic rings. The molecule has 8 heteroatoms. The number of esters is 1. The minimum Gasteiger partial charge on any atom is -0.478 e. The molecule has 0 aromatic heterocycles. The first-order chi connectivity index (χ1) is 9.47. The van der Waals surface area contributed by atoms with Gasteiger partial charge in [-0.2, -0.15) is 0 Å². The molecule has 2 heterocycles. The molecule has 0 saturated heterocycles. The highest BCUT2D eigenvalue weighted by molar-refractivity contribution is 5.87. The molecule has 20 heavy (non-hydrogen) atoms. The number of aliphatic hydroxyl groups excluding tert-OH is 3. The second kappa shape index (κ2) is 5.78. The van der Waals surface area contributed by atoms with Crippen LogP contribution in [0.2, 0.25) is 0 Å². The van der Waals surface area contributed by atoms with Crippen LogP contribution in [-0.4, -0.2) is 71.4 Å². The molecule has 0 amide bonds. The lowest BCUT2D eigenvalue weighted by molar-refractivity contribution is -0.148. The van der Waals surface area contributed by atoms with E-state index in [2.05, 4.69) is 9.73 Å². The van der Waals surface area contributed by atoms with Crippen LogP contribution in [0.15, 0.2) is 16.8 Å². The molecule has 0 aromatic carbocycles. The van der Waals surface area contributed by atoms with Crippen molar-refractivity contribution in [2.24, 2.45) is 4.99 Å². The maximum Gasteiger partial charge on any atom is 0.373 e. The third-order valence-electron chi connectivity index (χ3n) is 3.19. The molecule has 0 fully saturated rings. The van der Waals surface area contributed by atoms with Crippen LogP contribution in [0, 0.1) is 0 Å². The highest BCUT2D eigenvalue weighted by atomic mass is 16.6. The smallest absolute Gasteiger partial charge is 0.373 e. The number of methoxy groups -OCH3 is 1. The standard InChI is InChI=1S/C12H17NO7/c1-5-13-9-7(19-5)3-8(12(17)18-2)20-11(9)10(16)6(15)4-14/h3,6-7,9-11,14-16H,4H2,1-2H3/t6-,7-,9+,10-,11-/m1/s1. The predicted octanol–water partition coefficient (Wildman–Crippen LogP) is -1.66. The quantitative estimate of drug-likeness (QED) is 0.530. The number of fused-ring (bicyclic) bond motifs is 1. The third kappa shape index (κ3) is 2.62. The van der Waals surface area contributed by atoms with Crippen LogP contribution < -0.4 is 0 Å². The van der Waals surface area contributed by atoms with Crippen LogP contribution in [0.4, 0.5) is 0 Å². The van der Waals surface area contributed by atoms with E-state index in [0.717, 1.165) is 0 Å². The summed E-state index contributed by atoms with van der Waals surface area (Å²) in [5.74, 6) is -0.443. The van der Waals surface area contributed by atoms with Crippen molar-refractivity contribution >= 4 is 11.9 Å².